The minimum Gasteiger partial charge on any atom is -0.481 e. The van der Waals surface area contributed by atoms with Crippen molar-refractivity contribution < 1.29 is 9.90 Å². The van der Waals surface area contributed by atoms with Gasteiger partial charge in [-0.25, -0.2) is 4.98 Å². The van der Waals surface area contributed by atoms with E-state index in [1.165, 1.54) is 0 Å². The number of carboxylic acid groups (broad SMARTS) is 1. The van der Waals surface area contributed by atoms with Gasteiger partial charge in [0.25, 0.3) is 0 Å². The van der Waals surface area contributed by atoms with Crippen LogP contribution in [0.15, 0.2) is 30.5 Å². The Bertz CT molecular complexity index is 563. The molecule has 5 heteroatoms. The highest BCUT2D eigenvalue weighted by Gasteiger charge is 2.09. The summed E-state index contributed by atoms with van der Waals surface area (Å²) in [7, 11) is 0. The molecule has 0 aliphatic rings. The van der Waals surface area contributed by atoms with Crippen LogP contribution in [-0.2, 0) is 11.2 Å². The van der Waals surface area contributed by atoms with Crippen LogP contribution < -0.4 is 0 Å². The van der Waals surface area contributed by atoms with E-state index >= 15 is 0 Å². The number of aryl methyl sites for hydroxylation is 1. The van der Waals surface area contributed by atoms with Crippen LogP contribution in [0, 0.1) is 6.92 Å². The van der Waals surface area contributed by atoms with Gasteiger partial charge in [-0.15, -0.1) is 0 Å². The van der Waals surface area contributed by atoms with Crippen molar-refractivity contribution in [3.63, 3.8) is 0 Å². The maximum Gasteiger partial charge on any atom is 0.309 e. The molecule has 4 nitrogen and oxygen atoms in total. The molecule has 0 aliphatic heterocycles. The number of imidazole rings is 1. The molecule has 0 saturated heterocycles. The van der Waals surface area contributed by atoms with E-state index in [0.717, 1.165) is 11.5 Å². The number of rotatable bonds is 3. The molecule has 0 unspecified atom stereocenters. The van der Waals surface area contributed by atoms with E-state index < -0.39 is 5.97 Å². The van der Waals surface area contributed by atoms with Gasteiger partial charge in [0.2, 0.25) is 0 Å². The zero-order valence-corrected chi connectivity index (χ0v) is 9.98. The van der Waals surface area contributed by atoms with E-state index in [2.05, 4.69) is 4.98 Å². The fourth-order valence-electron chi connectivity index (χ4n) is 1.66. The average molecular weight is 251 g/mol. The van der Waals surface area contributed by atoms with Crippen molar-refractivity contribution in [2.45, 2.75) is 13.3 Å². The quantitative estimate of drug-likeness (QED) is 0.910. The fraction of sp³-hybridized carbons (Fsp3) is 0.167. The number of aromatic nitrogens is 2. The summed E-state index contributed by atoms with van der Waals surface area (Å²) in [6, 6.07) is 7.33. The minimum absolute atomic E-state index is 0.0750. The van der Waals surface area contributed by atoms with Crippen LogP contribution in [-0.4, -0.2) is 20.6 Å². The maximum absolute atomic E-state index is 10.6. The molecule has 17 heavy (non-hydrogen) atoms. The third-order valence-corrected chi connectivity index (χ3v) is 2.59. The number of aliphatic carboxylic acids is 1. The van der Waals surface area contributed by atoms with E-state index in [-0.39, 0.29) is 6.42 Å². The molecular weight excluding hydrogens is 240 g/mol. The van der Waals surface area contributed by atoms with Gasteiger partial charge in [0.1, 0.15) is 5.82 Å². The highest BCUT2D eigenvalue weighted by molar-refractivity contribution is 6.30. The molecule has 0 spiro atoms. The average Bonchev–Trinajstić information content (AvgIpc) is 2.58. The molecule has 88 valence electrons. The molecule has 2 rings (SSSR count). The van der Waals surface area contributed by atoms with Crippen molar-refractivity contribution in [2.24, 2.45) is 0 Å². The standard InChI is InChI=1S/C12H11ClN2O2/c1-8-14-10(6-12(16)17)7-15(8)11-4-2-3-9(13)5-11/h2-5,7H,6H2,1H3,(H,16,17). The van der Waals surface area contributed by atoms with Gasteiger partial charge in [-0.3, -0.25) is 4.79 Å². The van der Waals surface area contributed by atoms with Gasteiger partial charge in [-0.05, 0) is 25.1 Å². The summed E-state index contributed by atoms with van der Waals surface area (Å²) in [6.07, 6.45) is 1.64. The van der Waals surface area contributed by atoms with Crippen LogP contribution in [0.25, 0.3) is 5.69 Å². The number of carboxylic acids is 1. The second kappa shape index (κ2) is 4.59. The third-order valence-electron chi connectivity index (χ3n) is 2.35. The Balaban J connectivity index is 2.39. The van der Waals surface area contributed by atoms with Gasteiger partial charge in [0.15, 0.2) is 0 Å². The molecule has 0 radical (unpaired) electrons. The van der Waals surface area contributed by atoms with Crippen molar-refractivity contribution in [3.8, 4) is 5.69 Å². The number of benzene rings is 1. The van der Waals surface area contributed by atoms with Crippen molar-refractivity contribution in [1.82, 2.24) is 9.55 Å². The van der Waals surface area contributed by atoms with Crippen molar-refractivity contribution in [1.29, 1.82) is 0 Å². The third kappa shape index (κ3) is 2.65. The fourth-order valence-corrected chi connectivity index (χ4v) is 1.84. The molecule has 1 aromatic heterocycles. The van der Waals surface area contributed by atoms with E-state index in [0.29, 0.717) is 10.7 Å². The number of carbonyl (C=O) groups is 1. The van der Waals surface area contributed by atoms with E-state index in [9.17, 15) is 4.79 Å². The van der Waals surface area contributed by atoms with Gasteiger partial charge in [0.05, 0.1) is 12.1 Å². The molecule has 2 aromatic rings. The number of hydrogen-bond donors (Lipinski definition) is 1. The monoisotopic (exact) mass is 250 g/mol. The summed E-state index contributed by atoms with van der Waals surface area (Å²) in [4.78, 5) is 14.8. The SMILES string of the molecule is Cc1nc(CC(=O)O)cn1-c1cccc(Cl)c1. The van der Waals surface area contributed by atoms with Gasteiger partial charge < -0.3 is 9.67 Å². The number of halogens is 1. The van der Waals surface area contributed by atoms with Gasteiger partial charge in [-0.1, -0.05) is 17.7 Å². The minimum atomic E-state index is -0.888. The highest BCUT2D eigenvalue weighted by atomic mass is 35.5. The Hall–Kier alpha value is -1.81. The molecule has 0 amide bonds. The Morgan fingerprint density at radius 2 is 2.29 bits per heavy atom. The van der Waals surface area contributed by atoms with Gasteiger partial charge in [-0.2, -0.15) is 0 Å². The van der Waals surface area contributed by atoms with Crippen LogP contribution in [0.4, 0.5) is 0 Å². The molecule has 0 atom stereocenters. The lowest BCUT2D eigenvalue weighted by Gasteiger charge is -2.04. The Morgan fingerprint density at radius 1 is 1.53 bits per heavy atom. The first-order valence-corrected chi connectivity index (χ1v) is 5.46. The summed E-state index contributed by atoms with van der Waals surface area (Å²) in [5, 5.41) is 9.35. The molecule has 0 saturated carbocycles. The van der Waals surface area contributed by atoms with E-state index in [4.69, 9.17) is 16.7 Å². The number of nitrogens with zero attached hydrogens (tertiary/aromatic N) is 2. The second-order valence-electron chi connectivity index (χ2n) is 3.70. The predicted molar refractivity (Wildman–Crippen MR) is 64.7 cm³/mol. The first kappa shape index (κ1) is 11.7. The van der Waals surface area contributed by atoms with E-state index in [1.807, 2.05) is 23.6 Å². The second-order valence-corrected chi connectivity index (χ2v) is 4.14. The summed E-state index contributed by atoms with van der Waals surface area (Å²) in [5.41, 5.74) is 1.41. The Labute approximate surface area is 103 Å². The van der Waals surface area contributed by atoms with Crippen molar-refractivity contribution >= 4 is 17.6 Å². The normalized spacial score (nSPS) is 10.5. The Kier molecular flexibility index (Phi) is 3.15. The lowest BCUT2D eigenvalue weighted by atomic mass is 10.3. The number of hydrogen-bond acceptors (Lipinski definition) is 2. The van der Waals surface area contributed by atoms with Crippen LogP contribution in [0.1, 0.15) is 11.5 Å². The summed E-state index contributed by atoms with van der Waals surface area (Å²) >= 11 is 5.91. The molecule has 1 heterocycles. The molecule has 0 aliphatic carbocycles. The van der Waals surface area contributed by atoms with Crippen molar-refractivity contribution in [3.05, 3.63) is 47.0 Å². The first-order chi connectivity index (χ1) is 8.06. The lowest BCUT2D eigenvalue weighted by Crippen LogP contribution is -1.99. The summed E-state index contributed by atoms with van der Waals surface area (Å²) < 4.78 is 1.82. The van der Waals surface area contributed by atoms with Gasteiger partial charge >= 0.3 is 5.97 Å². The van der Waals surface area contributed by atoms with Crippen LogP contribution in [0.5, 0.6) is 0 Å². The molecule has 1 aromatic carbocycles. The van der Waals surface area contributed by atoms with Crippen molar-refractivity contribution in [2.75, 3.05) is 0 Å². The zero-order valence-electron chi connectivity index (χ0n) is 9.22. The lowest BCUT2D eigenvalue weighted by molar-refractivity contribution is -0.136. The largest absolute Gasteiger partial charge is 0.481 e. The Morgan fingerprint density at radius 3 is 2.94 bits per heavy atom. The molecule has 0 fully saturated rings. The predicted octanol–water partition coefficient (Wildman–Crippen LogP) is 2.46. The smallest absolute Gasteiger partial charge is 0.309 e. The zero-order chi connectivity index (χ0) is 12.4. The molecule has 1 N–H and O–H groups in total. The summed E-state index contributed by atoms with van der Waals surface area (Å²) in [5.74, 6) is -0.149. The summed E-state index contributed by atoms with van der Waals surface area (Å²) in [6.45, 7) is 1.83. The van der Waals surface area contributed by atoms with Gasteiger partial charge in [0, 0.05) is 16.9 Å². The van der Waals surface area contributed by atoms with Crippen LogP contribution >= 0.6 is 11.6 Å². The first-order valence-electron chi connectivity index (χ1n) is 5.09. The molecule has 0 bridgehead atoms. The highest BCUT2D eigenvalue weighted by Crippen LogP contribution is 2.17. The van der Waals surface area contributed by atoms with E-state index in [1.54, 1.807) is 18.3 Å². The maximum atomic E-state index is 10.6. The topological polar surface area (TPSA) is 55.1 Å². The molecular formula is C12H11ClN2O2. The van der Waals surface area contributed by atoms with Crippen LogP contribution in [0.3, 0.4) is 0 Å². The van der Waals surface area contributed by atoms with Crippen LogP contribution in [0.2, 0.25) is 5.02 Å².